The lowest BCUT2D eigenvalue weighted by molar-refractivity contribution is -0.134. The SMILES string of the molecule is CC[C@]1(C2CCN(Cc3ccc(C)o3)CC2)NC(=O)N(Cc2ccc3c(c2)OCO3)C1=O. The maximum Gasteiger partial charge on any atom is 0.325 e. The van der Waals surface area contributed by atoms with Crippen molar-refractivity contribution in [2.45, 2.75) is 51.7 Å². The van der Waals surface area contributed by atoms with E-state index in [4.69, 9.17) is 13.9 Å². The Hall–Kier alpha value is -3.00. The molecule has 0 saturated carbocycles. The highest BCUT2D eigenvalue weighted by Crippen LogP contribution is 2.38. The summed E-state index contributed by atoms with van der Waals surface area (Å²) in [6.07, 6.45) is 2.30. The Morgan fingerprint density at radius 1 is 1.06 bits per heavy atom. The summed E-state index contributed by atoms with van der Waals surface area (Å²) in [5.41, 5.74) is 0.00838. The molecule has 0 unspecified atom stereocenters. The molecule has 1 aromatic heterocycles. The molecule has 0 aliphatic carbocycles. The number of urea groups is 1. The number of fused-ring (bicyclic) bond motifs is 1. The van der Waals surface area contributed by atoms with Crippen molar-refractivity contribution in [2.24, 2.45) is 5.92 Å². The average molecular weight is 440 g/mol. The van der Waals surface area contributed by atoms with Crippen LogP contribution < -0.4 is 14.8 Å². The first-order valence-electron chi connectivity index (χ1n) is 11.3. The maximum atomic E-state index is 13.5. The number of imide groups is 1. The van der Waals surface area contributed by atoms with Crippen molar-refractivity contribution in [3.8, 4) is 11.5 Å². The van der Waals surface area contributed by atoms with Crippen molar-refractivity contribution in [3.05, 3.63) is 47.4 Å². The first-order chi connectivity index (χ1) is 15.5. The quantitative estimate of drug-likeness (QED) is 0.695. The summed E-state index contributed by atoms with van der Waals surface area (Å²) >= 11 is 0. The molecule has 32 heavy (non-hydrogen) atoms. The number of likely N-dealkylation sites (tertiary alicyclic amines) is 1. The summed E-state index contributed by atoms with van der Waals surface area (Å²) in [6.45, 7) is 6.87. The van der Waals surface area contributed by atoms with Crippen molar-refractivity contribution in [2.75, 3.05) is 19.9 Å². The van der Waals surface area contributed by atoms with Gasteiger partial charge < -0.3 is 19.2 Å². The van der Waals surface area contributed by atoms with E-state index in [9.17, 15) is 9.59 Å². The summed E-state index contributed by atoms with van der Waals surface area (Å²) in [6, 6.07) is 9.21. The molecule has 0 spiro atoms. The molecule has 2 aromatic rings. The van der Waals surface area contributed by atoms with Gasteiger partial charge in [-0.3, -0.25) is 14.6 Å². The number of aryl methyl sites for hydroxylation is 1. The Bertz CT molecular complexity index is 1030. The van der Waals surface area contributed by atoms with Crippen LogP contribution in [0, 0.1) is 12.8 Å². The van der Waals surface area contributed by atoms with Crippen LogP contribution in [0.5, 0.6) is 11.5 Å². The highest BCUT2D eigenvalue weighted by Gasteiger charge is 2.54. The summed E-state index contributed by atoms with van der Waals surface area (Å²) in [5.74, 6) is 3.21. The average Bonchev–Trinajstić information content (AvgIpc) is 3.49. The second-order valence-corrected chi connectivity index (χ2v) is 8.90. The van der Waals surface area contributed by atoms with Crippen LogP contribution in [0.15, 0.2) is 34.7 Å². The molecular weight excluding hydrogens is 410 g/mol. The molecule has 8 heteroatoms. The van der Waals surface area contributed by atoms with Gasteiger partial charge in [0.15, 0.2) is 11.5 Å². The highest BCUT2D eigenvalue weighted by atomic mass is 16.7. The second-order valence-electron chi connectivity index (χ2n) is 8.90. The molecule has 2 saturated heterocycles. The molecule has 1 aromatic carbocycles. The lowest BCUT2D eigenvalue weighted by atomic mass is 9.75. The number of nitrogens with zero attached hydrogens (tertiary/aromatic N) is 2. The summed E-state index contributed by atoms with van der Waals surface area (Å²) in [7, 11) is 0. The van der Waals surface area contributed by atoms with Crippen molar-refractivity contribution in [1.29, 1.82) is 0 Å². The van der Waals surface area contributed by atoms with Gasteiger partial charge in [0.25, 0.3) is 5.91 Å². The van der Waals surface area contributed by atoms with E-state index in [-0.39, 0.29) is 31.2 Å². The molecule has 8 nitrogen and oxygen atoms in total. The van der Waals surface area contributed by atoms with E-state index in [2.05, 4.69) is 10.2 Å². The van der Waals surface area contributed by atoms with Crippen LogP contribution in [0.1, 0.15) is 43.3 Å². The van der Waals surface area contributed by atoms with Gasteiger partial charge in [-0.05, 0) is 75.0 Å². The van der Waals surface area contributed by atoms with E-state index in [1.807, 2.05) is 44.2 Å². The van der Waals surface area contributed by atoms with Gasteiger partial charge in [-0.15, -0.1) is 0 Å². The Balaban J connectivity index is 1.26. The number of benzene rings is 1. The largest absolute Gasteiger partial charge is 0.465 e. The van der Waals surface area contributed by atoms with Gasteiger partial charge in [-0.1, -0.05) is 13.0 Å². The monoisotopic (exact) mass is 439 g/mol. The third-order valence-corrected chi connectivity index (χ3v) is 7.00. The number of rotatable bonds is 6. The number of ether oxygens (including phenoxy) is 2. The summed E-state index contributed by atoms with van der Waals surface area (Å²) in [5, 5.41) is 3.07. The molecule has 3 aliphatic rings. The van der Waals surface area contributed by atoms with Crippen LogP contribution in [0.2, 0.25) is 0 Å². The van der Waals surface area contributed by atoms with E-state index < -0.39 is 5.54 Å². The number of carbonyl (C=O) groups excluding carboxylic acids is 2. The van der Waals surface area contributed by atoms with Crippen LogP contribution in [-0.4, -0.2) is 47.2 Å². The zero-order valence-corrected chi connectivity index (χ0v) is 18.6. The van der Waals surface area contributed by atoms with Crippen LogP contribution in [0.3, 0.4) is 0 Å². The zero-order chi connectivity index (χ0) is 22.3. The number of hydrogen-bond donors (Lipinski definition) is 1. The molecule has 170 valence electrons. The van der Waals surface area contributed by atoms with Crippen LogP contribution in [0.4, 0.5) is 4.79 Å². The van der Waals surface area contributed by atoms with E-state index in [0.29, 0.717) is 17.9 Å². The standard InChI is InChI=1S/C24H29N3O5/c1-3-24(18-8-10-26(11-9-18)14-19-6-4-16(2)32-19)22(28)27(23(29)25-24)13-17-5-7-20-21(12-17)31-15-30-20/h4-7,12,18H,3,8-11,13-15H2,1-2H3,(H,25,29)/t24-/m1/s1. The van der Waals surface area contributed by atoms with Gasteiger partial charge in [-0.25, -0.2) is 4.79 Å². The number of furan rings is 1. The lowest BCUT2D eigenvalue weighted by Gasteiger charge is -2.40. The van der Waals surface area contributed by atoms with Gasteiger partial charge >= 0.3 is 6.03 Å². The third-order valence-electron chi connectivity index (χ3n) is 7.00. The minimum Gasteiger partial charge on any atom is -0.465 e. The van der Waals surface area contributed by atoms with Crippen LogP contribution in [0.25, 0.3) is 0 Å². The normalized spacial score (nSPS) is 23.8. The van der Waals surface area contributed by atoms with Gasteiger partial charge in [0.1, 0.15) is 17.1 Å². The smallest absolute Gasteiger partial charge is 0.325 e. The molecule has 5 rings (SSSR count). The lowest BCUT2D eigenvalue weighted by Crippen LogP contribution is -2.55. The van der Waals surface area contributed by atoms with E-state index in [1.165, 1.54) is 4.90 Å². The fourth-order valence-electron chi connectivity index (χ4n) is 5.19. The predicted molar refractivity (Wildman–Crippen MR) is 116 cm³/mol. The zero-order valence-electron chi connectivity index (χ0n) is 18.6. The molecule has 3 aliphatic heterocycles. The first kappa shape index (κ1) is 20.9. The maximum absolute atomic E-state index is 13.5. The van der Waals surface area contributed by atoms with E-state index >= 15 is 0 Å². The number of amides is 3. The Labute approximate surface area is 187 Å². The number of piperidine rings is 1. The first-order valence-corrected chi connectivity index (χ1v) is 11.3. The van der Waals surface area contributed by atoms with Crippen molar-refractivity contribution in [3.63, 3.8) is 0 Å². The van der Waals surface area contributed by atoms with Gasteiger partial charge in [0.05, 0.1) is 13.1 Å². The van der Waals surface area contributed by atoms with Gasteiger partial charge in [0, 0.05) is 0 Å². The molecule has 4 heterocycles. The second kappa shape index (κ2) is 8.16. The topological polar surface area (TPSA) is 84.2 Å². The van der Waals surface area contributed by atoms with Crippen LogP contribution in [-0.2, 0) is 17.9 Å². The number of hydrogen-bond acceptors (Lipinski definition) is 6. The molecule has 0 radical (unpaired) electrons. The molecule has 0 bridgehead atoms. The minimum absolute atomic E-state index is 0.111. The Morgan fingerprint density at radius 2 is 1.84 bits per heavy atom. The third kappa shape index (κ3) is 3.62. The minimum atomic E-state index is -0.833. The van der Waals surface area contributed by atoms with E-state index in [0.717, 1.165) is 49.6 Å². The predicted octanol–water partition coefficient (Wildman–Crippen LogP) is 3.43. The van der Waals surface area contributed by atoms with Crippen LogP contribution >= 0.6 is 0 Å². The molecular formula is C24H29N3O5. The van der Waals surface area contributed by atoms with E-state index in [1.54, 1.807) is 0 Å². The summed E-state index contributed by atoms with van der Waals surface area (Å²) < 4.78 is 16.5. The van der Waals surface area contributed by atoms with Crippen molar-refractivity contribution in [1.82, 2.24) is 15.1 Å². The molecule has 1 N–H and O–H groups in total. The van der Waals surface area contributed by atoms with Gasteiger partial charge in [0.2, 0.25) is 6.79 Å². The fraction of sp³-hybridized carbons (Fsp3) is 0.500. The van der Waals surface area contributed by atoms with Crippen molar-refractivity contribution < 1.29 is 23.5 Å². The molecule has 1 atom stereocenters. The highest BCUT2D eigenvalue weighted by molar-refractivity contribution is 6.07. The summed E-state index contributed by atoms with van der Waals surface area (Å²) in [4.78, 5) is 30.1. The Morgan fingerprint density at radius 3 is 2.56 bits per heavy atom. The van der Waals surface area contributed by atoms with Gasteiger partial charge in [-0.2, -0.15) is 0 Å². The Kier molecular flexibility index (Phi) is 5.33. The fourth-order valence-corrected chi connectivity index (χ4v) is 5.19. The molecule has 3 amide bonds. The number of nitrogens with one attached hydrogen (secondary N) is 1. The molecule has 2 fully saturated rings. The van der Waals surface area contributed by atoms with Crippen molar-refractivity contribution >= 4 is 11.9 Å². The number of carbonyl (C=O) groups is 2.